The Balaban J connectivity index is 2.81. The summed E-state index contributed by atoms with van der Waals surface area (Å²) in [5.74, 6) is 0.755. The number of allylic oxidation sites excluding steroid dienone is 4. The topological polar surface area (TPSA) is 17.1 Å². The molecule has 0 aromatic heterocycles. The monoisotopic (exact) mass is 220 g/mol. The Labute approximate surface area is 99.6 Å². The Kier molecular flexibility index (Phi) is 4.12. The average molecular weight is 220 g/mol. The molecule has 0 bridgehead atoms. The molecule has 0 aromatic carbocycles. The van der Waals surface area contributed by atoms with E-state index in [0.29, 0.717) is 5.92 Å². The van der Waals surface area contributed by atoms with E-state index in [1.165, 1.54) is 18.4 Å². The molecule has 1 aliphatic carbocycles. The molecule has 0 aliphatic heterocycles. The van der Waals surface area contributed by atoms with Gasteiger partial charge in [0.05, 0.1) is 0 Å². The molecule has 0 saturated carbocycles. The fraction of sp³-hybridized carbons (Fsp3) is 0.667. The minimum absolute atomic E-state index is 0.104. The van der Waals surface area contributed by atoms with Crippen molar-refractivity contribution in [1.29, 1.82) is 0 Å². The molecule has 1 rings (SSSR count). The standard InChI is InChI=1S/C15H24O/c1-11(2)14(16)9-8-13-12(3)7-6-10-15(13,4)5/h7-9,11,13H,6,10H2,1-5H3/b9-8+/t13-/m1/s1. The predicted octanol–water partition coefficient (Wildman–Crippen LogP) is 4.15. The van der Waals surface area contributed by atoms with Crippen molar-refractivity contribution in [2.75, 3.05) is 0 Å². The molecule has 0 N–H and O–H groups in total. The van der Waals surface area contributed by atoms with Crippen LogP contribution in [0.2, 0.25) is 0 Å². The molecule has 0 heterocycles. The first-order chi connectivity index (χ1) is 7.34. The first kappa shape index (κ1) is 13.2. The lowest BCUT2D eigenvalue weighted by Crippen LogP contribution is -2.26. The highest BCUT2D eigenvalue weighted by atomic mass is 16.1. The maximum atomic E-state index is 11.6. The van der Waals surface area contributed by atoms with Gasteiger partial charge in [0.25, 0.3) is 0 Å². The van der Waals surface area contributed by atoms with E-state index in [2.05, 4.69) is 32.9 Å². The maximum Gasteiger partial charge on any atom is 0.157 e. The Morgan fingerprint density at radius 3 is 2.62 bits per heavy atom. The van der Waals surface area contributed by atoms with E-state index >= 15 is 0 Å². The van der Waals surface area contributed by atoms with Crippen molar-refractivity contribution >= 4 is 5.78 Å². The third kappa shape index (κ3) is 3.07. The molecule has 0 spiro atoms. The molecular weight excluding hydrogens is 196 g/mol. The largest absolute Gasteiger partial charge is 0.295 e. The highest BCUT2D eigenvalue weighted by Crippen LogP contribution is 2.41. The fourth-order valence-corrected chi connectivity index (χ4v) is 2.37. The molecule has 1 atom stereocenters. The fourth-order valence-electron chi connectivity index (χ4n) is 2.37. The minimum atomic E-state index is 0.104. The zero-order valence-corrected chi connectivity index (χ0v) is 11.2. The van der Waals surface area contributed by atoms with Gasteiger partial charge in [-0.3, -0.25) is 4.79 Å². The van der Waals surface area contributed by atoms with Crippen LogP contribution in [0.15, 0.2) is 23.8 Å². The van der Waals surface area contributed by atoms with Crippen molar-refractivity contribution in [1.82, 2.24) is 0 Å². The predicted molar refractivity (Wildman–Crippen MR) is 69.2 cm³/mol. The lowest BCUT2D eigenvalue weighted by atomic mass is 9.68. The van der Waals surface area contributed by atoms with Crippen LogP contribution in [0.3, 0.4) is 0 Å². The number of hydrogen-bond acceptors (Lipinski definition) is 1. The number of ketones is 1. The summed E-state index contributed by atoms with van der Waals surface area (Å²) in [4.78, 5) is 11.6. The highest BCUT2D eigenvalue weighted by molar-refractivity contribution is 5.91. The average Bonchev–Trinajstić information content (AvgIpc) is 2.15. The summed E-state index contributed by atoms with van der Waals surface area (Å²) in [5, 5.41) is 0. The van der Waals surface area contributed by atoms with Crippen molar-refractivity contribution < 1.29 is 4.79 Å². The van der Waals surface area contributed by atoms with Gasteiger partial charge in [0, 0.05) is 11.8 Å². The van der Waals surface area contributed by atoms with E-state index in [-0.39, 0.29) is 17.1 Å². The lowest BCUT2D eigenvalue weighted by molar-refractivity contribution is -0.117. The molecule has 1 aliphatic rings. The van der Waals surface area contributed by atoms with Gasteiger partial charge in [0.1, 0.15) is 0 Å². The quantitative estimate of drug-likeness (QED) is 0.516. The van der Waals surface area contributed by atoms with Crippen molar-refractivity contribution in [2.24, 2.45) is 17.3 Å². The highest BCUT2D eigenvalue weighted by Gasteiger charge is 2.30. The van der Waals surface area contributed by atoms with Crippen LogP contribution in [0, 0.1) is 17.3 Å². The van der Waals surface area contributed by atoms with Gasteiger partial charge in [0.15, 0.2) is 5.78 Å². The molecule has 0 amide bonds. The first-order valence-electron chi connectivity index (χ1n) is 6.23. The smallest absolute Gasteiger partial charge is 0.157 e. The van der Waals surface area contributed by atoms with Gasteiger partial charge in [-0.1, -0.05) is 45.4 Å². The van der Waals surface area contributed by atoms with Gasteiger partial charge in [0.2, 0.25) is 0 Å². The summed E-state index contributed by atoms with van der Waals surface area (Å²) >= 11 is 0. The van der Waals surface area contributed by atoms with Crippen molar-refractivity contribution in [3.05, 3.63) is 23.8 Å². The molecule has 0 aromatic rings. The van der Waals surface area contributed by atoms with E-state index < -0.39 is 0 Å². The van der Waals surface area contributed by atoms with Gasteiger partial charge in [-0.05, 0) is 31.3 Å². The van der Waals surface area contributed by atoms with Crippen molar-refractivity contribution in [3.63, 3.8) is 0 Å². The Morgan fingerprint density at radius 2 is 2.12 bits per heavy atom. The zero-order valence-electron chi connectivity index (χ0n) is 11.2. The maximum absolute atomic E-state index is 11.6. The summed E-state index contributed by atoms with van der Waals surface area (Å²) < 4.78 is 0. The zero-order chi connectivity index (χ0) is 12.3. The first-order valence-corrected chi connectivity index (χ1v) is 6.23. The summed E-state index contributed by atoms with van der Waals surface area (Å²) in [6, 6.07) is 0. The normalized spacial score (nSPS) is 24.9. The molecule has 0 saturated heterocycles. The van der Waals surface area contributed by atoms with E-state index in [1.54, 1.807) is 6.08 Å². The van der Waals surface area contributed by atoms with Crippen molar-refractivity contribution in [3.8, 4) is 0 Å². The lowest BCUT2D eigenvalue weighted by Gasteiger charge is -2.36. The van der Waals surface area contributed by atoms with Gasteiger partial charge in [-0.2, -0.15) is 0 Å². The van der Waals surface area contributed by atoms with E-state index in [4.69, 9.17) is 0 Å². The van der Waals surface area contributed by atoms with Crippen LogP contribution in [0.25, 0.3) is 0 Å². The van der Waals surface area contributed by atoms with E-state index in [0.717, 1.165) is 0 Å². The molecule has 0 radical (unpaired) electrons. The molecule has 90 valence electrons. The van der Waals surface area contributed by atoms with Crippen LogP contribution in [0.4, 0.5) is 0 Å². The molecule has 1 heteroatoms. The SMILES string of the molecule is CC1=CCCC(C)(C)[C@@H]1/C=C/C(=O)C(C)C. The van der Waals surface area contributed by atoms with Crippen LogP contribution >= 0.6 is 0 Å². The number of hydrogen-bond donors (Lipinski definition) is 0. The van der Waals surface area contributed by atoms with Crippen molar-refractivity contribution in [2.45, 2.75) is 47.5 Å². The Bertz CT molecular complexity index is 318. The number of carbonyl (C=O) groups excluding carboxylic acids is 1. The second-order valence-electron chi connectivity index (χ2n) is 5.87. The van der Waals surface area contributed by atoms with Gasteiger partial charge >= 0.3 is 0 Å². The van der Waals surface area contributed by atoms with Gasteiger partial charge in [-0.25, -0.2) is 0 Å². The number of carbonyl (C=O) groups is 1. The Morgan fingerprint density at radius 1 is 1.50 bits per heavy atom. The van der Waals surface area contributed by atoms with Crippen LogP contribution in [-0.2, 0) is 4.79 Å². The van der Waals surface area contributed by atoms with Crippen LogP contribution in [0.1, 0.15) is 47.5 Å². The second-order valence-corrected chi connectivity index (χ2v) is 5.87. The summed E-state index contributed by atoms with van der Waals surface area (Å²) in [5.41, 5.74) is 1.69. The summed E-state index contributed by atoms with van der Waals surface area (Å²) in [6.07, 6.45) is 8.56. The molecule has 0 unspecified atom stereocenters. The summed E-state index contributed by atoms with van der Waals surface area (Å²) in [6.45, 7) is 10.6. The molecular formula is C15H24O. The van der Waals surface area contributed by atoms with Crippen LogP contribution < -0.4 is 0 Å². The van der Waals surface area contributed by atoms with E-state index in [1.807, 2.05) is 13.8 Å². The minimum Gasteiger partial charge on any atom is -0.295 e. The summed E-state index contributed by atoms with van der Waals surface area (Å²) in [7, 11) is 0. The third-order valence-electron chi connectivity index (χ3n) is 3.61. The molecule has 1 nitrogen and oxygen atoms in total. The third-order valence-corrected chi connectivity index (χ3v) is 3.61. The van der Waals surface area contributed by atoms with Crippen LogP contribution in [0.5, 0.6) is 0 Å². The number of rotatable bonds is 3. The van der Waals surface area contributed by atoms with Gasteiger partial charge in [-0.15, -0.1) is 0 Å². The second kappa shape index (κ2) is 4.99. The molecule has 0 fully saturated rings. The van der Waals surface area contributed by atoms with Gasteiger partial charge < -0.3 is 0 Å². The van der Waals surface area contributed by atoms with Crippen LogP contribution in [-0.4, -0.2) is 5.78 Å². The Hall–Kier alpha value is -0.850. The van der Waals surface area contributed by atoms with E-state index in [9.17, 15) is 4.79 Å². The molecule has 16 heavy (non-hydrogen) atoms.